The maximum absolute atomic E-state index is 9.53. The van der Waals surface area contributed by atoms with Gasteiger partial charge < -0.3 is 4.42 Å². The second kappa shape index (κ2) is 10.9. The van der Waals surface area contributed by atoms with E-state index in [0.717, 1.165) is 54.2 Å². The van der Waals surface area contributed by atoms with Gasteiger partial charge in [0.2, 0.25) is 0 Å². The summed E-state index contributed by atoms with van der Waals surface area (Å²) in [6.07, 6.45) is 0. The highest BCUT2D eigenvalue weighted by Crippen LogP contribution is 2.47. The maximum Gasteiger partial charge on any atom is 0.136 e. The Morgan fingerprint density at radius 3 is 1.75 bits per heavy atom. The van der Waals surface area contributed by atoms with Crippen molar-refractivity contribution in [1.82, 2.24) is 0 Å². The van der Waals surface area contributed by atoms with Gasteiger partial charge >= 0.3 is 0 Å². The van der Waals surface area contributed by atoms with Crippen LogP contribution in [0.2, 0.25) is 0 Å². The van der Waals surface area contributed by atoms with E-state index in [-0.39, 0.29) is 47.0 Å². The largest absolute Gasteiger partial charge is 0.456 e. The predicted molar refractivity (Wildman–Crippen MR) is 218 cm³/mol. The number of furan rings is 1. The molecule has 0 saturated heterocycles. The molecule has 0 atom stereocenters. The van der Waals surface area contributed by atoms with Crippen LogP contribution in [0.1, 0.15) is 9.60 Å². The topological polar surface area (TPSA) is 13.1 Å². The van der Waals surface area contributed by atoms with Crippen molar-refractivity contribution in [2.24, 2.45) is 0 Å². The van der Waals surface area contributed by atoms with Crippen LogP contribution in [0.4, 0.5) is 0 Å². The molecule has 1 heterocycles. The molecule has 0 saturated carbocycles. The van der Waals surface area contributed by atoms with Gasteiger partial charge in [0, 0.05) is 10.8 Å². The Morgan fingerprint density at radius 1 is 0.333 bits per heavy atom. The summed E-state index contributed by atoms with van der Waals surface area (Å²) in [7, 11) is 0. The maximum atomic E-state index is 9.53. The van der Waals surface area contributed by atoms with E-state index in [9.17, 15) is 4.11 Å². The van der Waals surface area contributed by atoms with Crippen LogP contribution < -0.4 is 0 Å². The molecule has 1 aromatic heterocycles. The lowest BCUT2D eigenvalue weighted by atomic mass is 9.83. The standard InChI is InChI=1S/C50H30O/c1-2-14-33-30-48-46(28-32(33)13-1)45-29-34(24-27-47(45)51-48)49-40-19-7-9-21-42(40)50(43-22-10-8-20-41(43)49)44-26-25-39(37-17-5-6-18-38(37)44)36-23-11-15-31-12-3-4-16-35(31)36/h1-30H/i7D,8D,9D,10D,19D,20D,21D. The van der Waals surface area contributed by atoms with Gasteiger partial charge in [-0.15, -0.1) is 0 Å². The molecule has 0 bridgehead atoms. The average molecular weight is 654 g/mol. The fraction of sp³-hybridized carbons (Fsp3) is 0. The van der Waals surface area contributed by atoms with Gasteiger partial charge in [-0.3, -0.25) is 0 Å². The second-order valence-corrected chi connectivity index (χ2v) is 13.1. The van der Waals surface area contributed by atoms with E-state index < -0.39 is 6.04 Å². The molecule has 0 aliphatic rings. The Labute approximate surface area is 304 Å². The molecule has 11 aromatic rings. The van der Waals surface area contributed by atoms with Crippen molar-refractivity contribution in [3.05, 3.63) is 182 Å². The zero-order chi connectivity index (χ0) is 39.6. The fourth-order valence-electron chi connectivity index (χ4n) is 8.09. The summed E-state index contributed by atoms with van der Waals surface area (Å²) >= 11 is 0. The van der Waals surface area contributed by atoms with E-state index in [0.29, 0.717) is 44.2 Å². The van der Waals surface area contributed by atoms with Gasteiger partial charge in [0.05, 0.1) is 9.60 Å². The van der Waals surface area contributed by atoms with Crippen molar-refractivity contribution in [3.8, 4) is 33.4 Å². The van der Waals surface area contributed by atoms with E-state index in [2.05, 4.69) is 42.5 Å². The third kappa shape index (κ3) is 4.22. The fourth-order valence-corrected chi connectivity index (χ4v) is 8.09. The lowest BCUT2D eigenvalue weighted by Crippen LogP contribution is -1.92. The number of rotatable bonds is 3. The van der Waals surface area contributed by atoms with Gasteiger partial charge in [-0.05, 0) is 112 Å². The van der Waals surface area contributed by atoms with Crippen molar-refractivity contribution in [2.45, 2.75) is 0 Å². The van der Waals surface area contributed by atoms with Gasteiger partial charge in [0.15, 0.2) is 0 Å². The first-order valence-electron chi connectivity index (χ1n) is 20.5. The van der Waals surface area contributed by atoms with E-state index in [1.54, 1.807) is 6.07 Å². The van der Waals surface area contributed by atoms with E-state index >= 15 is 0 Å². The molecule has 51 heavy (non-hydrogen) atoms. The Kier molecular flexibility index (Phi) is 4.73. The van der Waals surface area contributed by atoms with Crippen LogP contribution in [-0.4, -0.2) is 0 Å². The lowest BCUT2D eigenvalue weighted by molar-refractivity contribution is 0.669. The smallest absolute Gasteiger partial charge is 0.136 e. The predicted octanol–water partition coefficient (Wildman–Crippen LogP) is 14.4. The van der Waals surface area contributed by atoms with Gasteiger partial charge in [-0.2, -0.15) is 0 Å². The Morgan fingerprint density at radius 2 is 0.922 bits per heavy atom. The third-order valence-corrected chi connectivity index (χ3v) is 10.4. The van der Waals surface area contributed by atoms with Crippen molar-refractivity contribution >= 4 is 75.8 Å². The zero-order valence-electron chi connectivity index (χ0n) is 34.2. The van der Waals surface area contributed by atoms with Crippen LogP contribution in [0, 0.1) is 0 Å². The van der Waals surface area contributed by atoms with Crippen molar-refractivity contribution in [3.63, 3.8) is 0 Å². The molecule has 0 radical (unpaired) electrons. The van der Waals surface area contributed by atoms with E-state index in [1.165, 1.54) is 0 Å². The monoisotopic (exact) mass is 653 g/mol. The molecular weight excluding hydrogens is 617 g/mol. The minimum atomic E-state index is -0.392. The first kappa shape index (κ1) is 22.1. The molecule has 0 N–H and O–H groups in total. The first-order valence-corrected chi connectivity index (χ1v) is 17.0. The average Bonchev–Trinajstić information content (AvgIpc) is 3.61. The zero-order valence-corrected chi connectivity index (χ0v) is 27.2. The molecule has 0 aliphatic heterocycles. The SMILES string of the molecule is [2H]c1cc2c(-c3ccc(-c4cccc5ccccc45)c4ccccc34)c3c([2H])c([2H])c([2H])c([2H])c3c(-c3ccc4oc5cc6ccccc6cc5c4c3)c2c([2H])c1[2H]. The number of benzene rings is 10. The van der Waals surface area contributed by atoms with Crippen LogP contribution in [0.3, 0.4) is 0 Å². The van der Waals surface area contributed by atoms with Crippen LogP contribution in [0.5, 0.6) is 0 Å². The quantitative estimate of drug-likeness (QED) is 0.173. The minimum absolute atomic E-state index is 0.148. The minimum Gasteiger partial charge on any atom is -0.456 e. The van der Waals surface area contributed by atoms with Crippen molar-refractivity contribution < 1.29 is 14.0 Å². The number of fused-ring (bicyclic) bond motifs is 8. The summed E-state index contributed by atoms with van der Waals surface area (Å²) in [4.78, 5) is 0. The van der Waals surface area contributed by atoms with Crippen LogP contribution in [0.15, 0.2) is 186 Å². The highest BCUT2D eigenvalue weighted by molar-refractivity contribution is 6.25. The Hall–Kier alpha value is -6.70. The van der Waals surface area contributed by atoms with Crippen LogP contribution in [-0.2, 0) is 0 Å². The molecule has 0 aliphatic carbocycles. The Bertz CT molecular complexity index is 3600. The highest BCUT2D eigenvalue weighted by Gasteiger charge is 2.20. The Balaban J connectivity index is 1.30. The summed E-state index contributed by atoms with van der Waals surface area (Å²) in [5, 5.41) is 9.15. The normalized spacial score (nSPS) is 13.8. The summed E-state index contributed by atoms with van der Waals surface area (Å²) < 4.78 is 70.6. The number of hydrogen-bond acceptors (Lipinski definition) is 1. The van der Waals surface area contributed by atoms with Crippen LogP contribution >= 0.6 is 0 Å². The molecule has 0 fully saturated rings. The van der Waals surface area contributed by atoms with Gasteiger partial charge in [0.1, 0.15) is 11.2 Å². The first-order chi connectivity index (χ1) is 28.2. The molecule has 10 aromatic carbocycles. The summed E-state index contributed by atoms with van der Waals surface area (Å²) in [6.45, 7) is 0. The van der Waals surface area contributed by atoms with E-state index in [4.69, 9.17) is 9.90 Å². The van der Waals surface area contributed by atoms with Crippen molar-refractivity contribution in [2.75, 3.05) is 0 Å². The highest BCUT2D eigenvalue weighted by atomic mass is 16.3. The molecule has 1 nitrogen and oxygen atoms in total. The molecular formula is C50H30O. The summed E-state index contributed by atoms with van der Waals surface area (Å²) in [6, 6.07) is 44.1. The summed E-state index contributed by atoms with van der Waals surface area (Å²) in [5.41, 5.74) is 5.64. The second-order valence-electron chi connectivity index (χ2n) is 13.1. The number of hydrogen-bond donors (Lipinski definition) is 0. The van der Waals surface area contributed by atoms with Gasteiger partial charge in [-0.1, -0.05) is 158 Å². The molecule has 0 amide bonds. The van der Waals surface area contributed by atoms with Gasteiger partial charge in [-0.25, -0.2) is 0 Å². The molecule has 236 valence electrons. The third-order valence-electron chi connectivity index (χ3n) is 10.4. The molecule has 0 unspecified atom stereocenters. The van der Waals surface area contributed by atoms with Crippen molar-refractivity contribution in [1.29, 1.82) is 0 Å². The molecule has 0 spiro atoms. The van der Waals surface area contributed by atoms with Crippen LogP contribution in [0.25, 0.3) is 109 Å². The van der Waals surface area contributed by atoms with Gasteiger partial charge in [0.25, 0.3) is 0 Å². The van der Waals surface area contributed by atoms with E-state index in [1.807, 2.05) is 91.0 Å². The molecule has 11 rings (SSSR count). The molecule has 1 heteroatoms. The summed E-state index contributed by atoms with van der Waals surface area (Å²) in [5.74, 6) is 0. The lowest BCUT2D eigenvalue weighted by Gasteiger charge is -2.20.